The van der Waals surface area contributed by atoms with Gasteiger partial charge < -0.3 is 14.4 Å². The summed E-state index contributed by atoms with van der Waals surface area (Å²) in [5.74, 6) is 0.785. The second kappa shape index (κ2) is 9.82. The standard InChI is InChI=1S/C17H25NO4/c1-14(2)13-18(11-9-17(20)21-3)16(19)10-12-22-15-7-5-4-6-8-15/h4-8,14H,9-13H2,1-3H3. The number of hydrogen-bond acceptors (Lipinski definition) is 4. The monoisotopic (exact) mass is 307 g/mol. The van der Waals surface area contributed by atoms with Gasteiger partial charge in [-0.2, -0.15) is 0 Å². The van der Waals surface area contributed by atoms with E-state index in [4.69, 9.17) is 4.74 Å². The van der Waals surface area contributed by atoms with Crippen molar-refractivity contribution in [3.8, 4) is 5.75 Å². The Morgan fingerprint density at radius 3 is 2.41 bits per heavy atom. The summed E-state index contributed by atoms with van der Waals surface area (Å²) >= 11 is 0. The Labute approximate surface area is 132 Å². The molecule has 0 saturated carbocycles. The minimum Gasteiger partial charge on any atom is -0.493 e. The molecule has 1 rings (SSSR count). The van der Waals surface area contributed by atoms with Crippen LogP contribution in [-0.4, -0.2) is 43.6 Å². The molecule has 0 saturated heterocycles. The van der Waals surface area contributed by atoms with Gasteiger partial charge in [-0.25, -0.2) is 0 Å². The quantitative estimate of drug-likeness (QED) is 0.658. The predicted molar refractivity (Wildman–Crippen MR) is 84.6 cm³/mol. The third-order valence-corrected chi connectivity index (χ3v) is 3.08. The molecule has 0 atom stereocenters. The Morgan fingerprint density at radius 2 is 1.82 bits per heavy atom. The molecule has 0 aliphatic heterocycles. The predicted octanol–water partition coefficient (Wildman–Crippen LogP) is 2.50. The summed E-state index contributed by atoms with van der Waals surface area (Å²) in [6, 6.07) is 9.40. The Bertz CT molecular complexity index is 459. The fraction of sp³-hybridized carbons (Fsp3) is 0.529. The molecule has 0 N–H and O–H groups in total. The normalized spacial score (nSPS) is 10.4. The van der Waals surface area contributed by atoms with E-state index in [1.165, 1.54) is 7.11 Å². The van der Waals surface area contributed by atoms with Crippen LogP contribution in [0.5, 0.6) is 5.75 Å². The van der Waals surface area contributed by atoms with Crippen molar-refractivity contribution in [1.82, 2.24) is 4.90 Å². The van der Waals surface area contributed by atoms with E-state index >= 15 is 0 Å². The largest absolute Gasteiger partial charge is 0.493 e. The van der Waals surface area contributed by atoms with Crippen molar-refractivity contribution in [2.45, 2.75) is 26.7 Å². The van der Waals surface area contributed by atoms with E-state index in [1.54, 1.807) is 4.90 Å². The maximum Gasteiger partial charge on any atom is 0.307 e. The molecule has 0 aliphatic rings. The lowest BCUT2D eigenvalue weighted by molar-refractivity contribution is -0.142. The summed E-state index contributed by atoms with van der Waals surface area (Å²) in [7, 11) is 1.35. The first-order valence-electron chi connectivity index (χ1n) is 7.55. The molecule has 0 heterocycles. The third kappa shape index (κ3) is 7.11. The Kier molecular flexibility index (Phi) is 8.04. The molecular weight excluding hydrogens is 282 g/mol. The van der Waals surface area contributed by atoms with Crippen LogP contribution in [0.2, 0.25) is 0 Å². The molecule has 1 amide bonds. The summed E-state index contributed by atoms with van der Waals surface area (Å²) in [5, 5.41) is 0. The molecule has 0 aromatic heterocycles. The van der Waals surface area contributed by atoms with Gasteiger partial charge in [0.2, 0.25) is 5.91 Å². The van der Waals surface area contributed by atoms with E-state index in [9.17, 15) is 9.59 Å². The first-order chi connectivity index (χ1) is 10.5. The lowest BCUT2D eigenvalue weighted by Gasteiger charge is -2.24. The molecule has 0 spiro atoms. The molecule has 1 aromatic carbocycles. The number of carbonyl (C=O) groups excluding carboxylic acids is 2. The van der Waals surface area contributed by atoms with Gasteiger partial charge in [0.15, 0.2) is 0 Å². The van der Waals surface area contributed by atoms with E-state index in [2.05, 4.69) is 4.74 Å². The fourth-order valence-electron chi connectivity index (χ4n) is 2.02. The number of ether oxygens (including phenoxy) is 2. The van der Waals surface area contributed by atoms with Crippen molar-refractivity contribution < 1.29 is 19.1 Å². The van der Waals surface area contributed by atoms with E-state index in [0.717, 1.165) is 5.75 Å². The molecule has 0 fully saturated rings. The molecule has 22 heavy (non-hydrogen) atoms. The van der Waals surface area contributed by atoms with Gasteiger partial charge in [-0.05, 0) is 18.1 Å². The first-order valence-corrected chi connectivity index (χ1v) is 7.55. The lowest BCUT2D eigenvalue weighted by Crippen LogP contribution is -2.36. The summed E-state index contributed by atoms with van der Waals surface area (Å²) in [6.07, 6.45) is 0.511. The summed E-state index contributed by atoms with van der Waals surface area (Å²) in [6.45, 7) is 5.42. The number of esters is 1. The second-order valence-electron chi connectivity index (χ2n) is 5.47. The van der Waals surface area contributed by atoms with E-state index in [1.807, 2.05) is 44.2 Å². The molecule has 5 nitrogen and oxygen atoms in total. The van der Waals surface area contributed by atoms with E-state index in [-0.39, 0.29) is 18.3 Å². The number of hydrogen-bond donors (Lipinski definition) is 0. The number of amides is 1. The van der Waals surface area contributed by atoms with Crippen LogP contribution in [0.15, 0.2) is 30.3 Å². The molecule has 122 valence electrons. The molecule has 0 unspecified atom stereocenters. The van der Waals surface area contributed by atoms with Gasteiger partial charge in [-0.3, -0.25) is 9.59 Å². The molecule has 0 aliphatic carbocycles. The van der Waals surface area contributed by atoms with Gasteiger partial charge in [0.1, 0.15) is 5.75 Å². The van der Waals surface area contributed by atoms with Gasteiger partial charge in [0.25, 0.3) is 0 Å². The number of nitrogens with zero attached hydrogens (tertiary/aromatic N) is 1. The van der Waals surface area contributed by atoms with Crippen LogP contribution >= 0.6 is 0 Å². The van der Waals surface area contributed by atoms with Crippen LogP contribution in [-0.2, 0) is 14.3 Å². The van der Waals surface area contributed by atoms with Gasteiger partial charge in [-0.15, -0.1) is 0 Å². The first kappa shape index (κ1) is 18.0. The van der Waals surface area contributed by atoms with Crippen molar-refractivity contribution in [2.24, 2.45) is 5.92 Å². The number of carbonyl (C=O) groups is 2. The highest BCUT2D eigenvalue weighted by Crippen LogP contribution is 2.09. The van der Waals surface area contributed by atoms with Crippen LogP contribution in [0.3, 0.4) is 0 Å². The number of methoxy groups -OCH3 is 1. The minimum atomic E-state index is -0.304. The minimum absolute atomic E-state index is 0.00599. The maximum atomic E-state index is 12.3. The molecular formula is C17H25NO4. The van der Waals surface area contributed by atoms with Crippen molar-refractivity contribution in [3.63, 3.8) is 0 Å². The smallest absolute Gasteiger partial charge is 0.307 e. The zero-order valence-corrected chi connectivity index (χ0v) is 13.6. The van der Waals surface area contributed by atoms with Gasteiger partial charge in [0.05, 0.1) is 26.6 Å². The highest BCUT2D eigenvalue weighted by molar-refractivity contribution is 5.77. The second-order valence-corrected chi connectivity index (χ2v) is 5.47. The van der Waals surface area contributed by atoms with Crippen LogP contribution in [0.4, 0.5) is 0 Å². The number of rotatable bonds is 9. The maximum absolute atomic E-state index is 12.3. The third-order valence-electron chi connectivity index (χ3n) is 3.08. The zero-order valence-electron chi connectivity index (χ0n) is 13.6. The van der Waals surface area contributed by atoms with Crippen molar-refractivity contribution in [1.29, 1.82) is 0 Å². The lowest BCUT2D eigenvalue weighted by atomic mass is 10.2. The fourth-order valence-corrected chi connectivity index (χ4v) is 2.02. The zero-order chi connectivity index (χ0) is 16.4. The summed E-state index contributed by atoms with van der Waals surface area (Å²) in [4.78, 5) is 25.2. The highest BCUT2D eigenvalue weighted by atomic mass is 16.5. The Morgan fingerprint density at radius 1 is 1.14 bits per heavy atom. The van der Waals surface area contributed by atoms with Crippen LogP contribution < -0.4 is 4.74 Å². The van der Waals surface area contributed by atoms with Crippen molar-refractivity contribution in [3.05, 3.63) is 30.3 Å². The average Bonchev–Trinajstić information content (AvgIpc) is 2.51. The summed E-state index contributed by atoms with van der Waals surface area (Å²) < 4.78 is 10.2. The number of benzene rings is 1. The van der Waals surface area contributed by atoms with Gasteiger partial charge >= 0.3 is 5.97 Å². The molecule has 5 heteroatoms. The van der Waals surface area contributed by atoms with Crippen LogP contribution in [0.1, 0.15) is 26.7 Å². The SMILES string of the molecule is COC(=O)CCN(CC(C)C)C(=O)CCOc1ccccc1. The summed E-state index contributed by atoms with van der Waals surface area (Å²) in [5.41, 5.74) is 0. The van der Waals surface area contributed by atoms with E-state index in [0.29, 0.717) is 32.0 Å². The molecule has 0 bridgehead atoms. The van der Waals surface area contributed by atoms with Crippen molar-refractivity contribution >= 4 is 11.9 Å². The molecule has 1 aromatic rings. The number of para-hydroxylation sites is 1. The highest BCUT2D eigenvalue weighted by Gasteiger charge is 2.16. The van der Waals surface area contributed by atoms with Crippen molar-refractivity contribution in [2.75, 3.05) is 26.8 Å². The Hall–Kier alpha value is -2.04. The topological polar surface area (TPSA) is 55.8 Å². The van der Waals surface area contributed by atoms with Crippen LogP contribution in [0, 0.1) is 5.92 Å². The van der Waals surface area contributed by atoms with Gasteiger partial charge in [-0.1, -0.05) is 32.0 Å². The Balaban J connectivity index is 2.43. The van der Waals surface area contributed by atoms with Gasteiger partial charge in [0, 0.05) is 13.1 Å². The molecule has 0 radical (unpaired) electrons. The van der Waals surface area contributed by atoms with Crippen LogP contribution in [0.25, 0.3) is 0 Å². The average molecular weight is 307 g/mol. The van der Waals surface area contributed by atoms with E-state index < -0.39 is 0 Å².